The largest absolute Gasteiger partial charge is 0.543 e. The Labute approximate surface area is 298 Å². The van der Waals surface area contributed by atoms with Gasteiger partial charge in [-0.05, 0) is 18.9 Å². The van der Waals surface area contributed by atoms with Crippen molar-refractivity contribution in [1.29, 1.82) is 5.41 Å². The summed E-state index contributed by atoms with van der Waals surface area (Å²) >= 11 is 8.42. The SMILES string of the molecule is CO/N=C(\C(=O)N[C@@H]1C(=O)N2C(C(=O)[O-])=C(C[n+]3ccc4n3CCN4Cc3ccc(C(=N)N4CCCC4)cc3F)CS[C@H]12)c1nc(N)sc1Cl. The van der Waals surface area contributed by atoms with Gasteiger partial charge in [0.1, 0.15) is 40.2 Å². The molecule has 1 aromatic carbocycles. The van der Waals surface area contributed by atoms with Gasteiger partial charge in [-0.15, -0.1) is 21.1 Å². The van der Waals surface area contributed by atoms with Crippen molar-refractivity contribution >= 4 is 75.0 Å². The van der Waals surface area contributed by atoms with Gasteiger partial charge in [-0.1, -0.05) is 40.2 Å². The van der Waals surface area contributed by atoms with Crippen molar-refractivity contribution in [2.45, 2.75) is 43.9 Å². The van der Waals surface area contributed by atoms with Crippen LogP contribution in [0.5, 0.6) is 0 Å². The zero-order chi connectivity index (χ0) is 35.3. The quantitative estimate of drug-likeness (QED) is 0.0868. The number of likely N-dealkylation sites (tertiary alicyclic amines) is 1. The van der Waals surface area contributed by atoms with Gasteiger partial charge >= 0.3 is 0 Å². The summed E-state index contributed by atoms with van der Waals surface area (Å²) in [7, 11) is 1.24. The number of nitrogens with zero attached hydrogens (tertiary/aromatic N) is 7. The number of rotatable bonds is 10. The van der Waals surface area contributed by atoms with Crippen molar-refractivity contribution in [2.24, 2.45) is 5.16 Å². The van der Waals surface area contributed by atoms with Crippen molar-refractivity contribution in [1.82, 2.24) is 24.8 Å². The number of aromatic nitrogens is 3. The third-order valence-corrected chi connectivity index (χ3v) is 11.5. The van der Waals surface area contributed by atoms with E-state index in [9.17, 15) is 19.5 Å². The number of oxime groups is 1. The summed E-state index contributed by atoms with van der Waals surface area (Å²) in [5.74, 6) is -1.82. The molecule has 2 amide bonds. The number of thiazole rings is 1. The Hall–Kier alpha value is -4.68. The number of benzene rings is 1. The fraction of sp³-hybridized carbons (Fsp3) is 0.387. The number of halogens is 2. The summed E-state index contributed by atoms with van der Waals surface area (Å²) in [5, 5.41) is 26.6. The van der Waals surface area contributed by atoms with Gasteiger partial charge in [0.2, 0.25) is 0 Å². The minimum absolute atomic E-state index is 0.00119. The van der Waals surface area contributed by atoms with E-state index in [0.717, 1.165) is 48.0 Å². The van der Waals surface area contributed by atoms with Crippen molar-refractivity contribution in [3.8, 4) is 0 Å². The first kappa shape index (κ1) is 33.8. The van der Waals surface area contributed by atoms with Crippen molar-refractivity contribution in [3.05, 3.63) is 68.7 Å². The number of amides is 2. The lowest BCUT2D eigenvalue weighted by molar-refractivity contribution is -0.766. The lowest BCUT2D eigenvalue weighted by atomic mass is 10.0. The zero-order valence-corrected chi connectivity index (χ0v) is 29.1. The number of nitrogen functional groups attached to an aromatic ring is 1. The van der Waals surface area contributed by atoms with E-state index in [4.69, 9.17) is 27.6 Å². The van der Waals surface area contributed by atoms with Gasteiger partial charge in [-0.2, -0.15) is 0 Å². The molecule has 4 aliphatic heterocycles. The average molecular weight is 743 g/mol. The number of thioether (sulfide) groups is 1. The van der Waals surface area contributed by atoms with Crippen LogP contribution >= 0.6 is 34.7 Å². The van der Waals surface area contributed by atoms with E-state index in [1.807, 2.05) is 31.4 Å². The Balaban J connectivity index is 1.04. The molecule has 262 valence electrons. The summed E-state index contributed by atoms with van der Waals surface area (Å²) in [6, 6.07) is 5.80. The molecular formula is C31H32ClFN10O5S2. The minimum Gasteiger partial charge on any atom is -0.543 e. The first-order valence-corrected chi connectivity index (χ1v) is 18.0. The molecule has 4 aliphatic rings. The average Bonchev–Trinajstić information content (AvgIpc) is 3.90. The summed E-state index contributed by atoms with van der Waals surface area (Å²) in [5.41, 5.74) is 6.74. The molecule has 2 atom stereocenters. The second kappa shape index (κ2) is 13.6. The molecule has 15 nitrogen and oxygen atoms in total. The van der Waals surface area contributed by atoms with Crippen LogP contribution in [0.1, 0.15) is 29.7 Å². The normalized spacial score (nSPS) is 20.2. The van der Waals surface area contributed by atoms with Gasteiger partial charge in [0.25, 0.3) is 11.8 Å². The molecule has 0 radical (unpaired) electrons. The van der Waals surface area contributed by atoms with Crippen LogP contribution in [0.25, 0.3) is 0 Å². The van der Waals surface area contributed by atoms with Crippen LogP contribution in [0.3, 0.4) is 0 Å². The highest BCUT2D eigenvalue weighted by Gasteiger charge is 2.53. The third kappa shape index (κ3) is 6.04. The van der Waals surface area contributed by atoms with Gasteiger partial charge < -0.3 is 35.6 Å². The first-order chi connectivity index (χ1) is 24.0. The lowest BCUT2D eigenvalue weighted by Crippen LogP contribution is -2.71. The van der Waals surface area contributed by atoms with Crippen molar-refractivity contribution in [3.63, 3.8) is 0 Å². The standard InChI is InChI=1S/C31H32ClFN10O5S2/c1-48-38-22(21-25(32)50-31(35)37-21)27(44)36-23-28(45)43-24(30(46)47)18(15-49-29(23)43)14-41-9-6-20-40(10-11-42(20)41)13-17-5-4-16(12-19(17)33)26(34)39-7-2-3-8-39/h4-6,9,12,23,29,34H,2-3,7-8,10-11,13-15H2,1H3,(H3-,35,36,37,44,46,47)/b34-26?,38-22-/t23-,29-/m1/s1. The second-order valence-corrected chi connectivity index (χ2v) is 14.8. The van der Waals surface area contributed by atoms with Gasteiger partial charge in [-0.3, -0.25) is 19.9 Å². The molecule has 50 heavy (non-hydrogen) atoms. The van der Waals surface area contributed by atoms with E-state index < -0.39 is 29.2 Å². The van der Waals surface area contributed by atoms with Crippen LogP contribution in [0, 0.1) is 11.2 Å². The van der Waals surface area contributed by atoms with Crippen LogP contribution in [-0.4, -0.2) is 92.7 Å². The number of carboxylic acid groups (broad SMARTS) is 1. The number of nitrogens with one attached hydrogen (secondary N) is 2. The Kier molecular flexibility index (Phi) is 9.17. The highest BCUT2D eigenvalue weighted by molar-refractivity contribution is 8.00. The number of carbonyl (C=O) groups excluding carboxylic acids is 3. The van der Waals surface area contributed by atoms with E-state index in [2.05, 4.69) is 15.5 Å². The topological polar surface area (TPSA) is 189 Å². The number of β-lactam (4-membered cyclic amide) rings is 1. The molecule has 2 fully saturated rings. The monoisotopic (exact) mass is 742 g/mol. The highest BCUT2D eigenvalue weighted by atomic mass is 35.5. The molecule has 0 unspecified atom stereocenters. The van der Waals surface area contributed by atoms with Crippen LogP contribution in [0.4, 0.5) is 15.3 Å². The Morgan fingerprint density at radius 3 is 2.72 bits per heavy atom. The molecular weight excluding hydrogens is 711 g/mol. The maximum absolute atomic E-state index is 15.2. The van der Waals surface area contributed by atoms with Crippen LogP contribution < -0.4 is 25.7 Å². The van der Waals surface area contributed by atoms with E-state index in [1.54, 1.807) is 12.1 Å². The second-order valence-electron chi connectivity index (χ2n) is 12.1. The molecule has 2 aromatic heterocycles. The third-order valence-electron chi connectivity index (χ3n) is 9.09. The lowest BCUT2D eigenvalue weighted by Gasteiger charge is -2.50. The highest BCUT2D eigenvalue weighted by Crippen LogP contribution is 2.40. The zero-order valence-electron chi connectivity index (χ0n) is 26.7. The minimum atomic E-state index is -1.50. The number of hydrogen-bond donors (Lipinski definition) is 3. The maximum atomic E-state index is 15.2. The smallest absolute Gasteiger partial charge is 0.276 e. The van der Waals surface area contributed by atoms with Crippen molar-refractivity contribution in [2.75, 3.05) is 43.1 Å². The summed E-state index contributed by atoms with van der Waals surface area (Å²) in [4.78, 5) is 52.9. The molecule has 6 heterocycles. The van der Waals surface area contributed by atoms with Crippen molar-refractivity contribution < 1.29 is 33.4 Å². The van der Waals surface area contributed by atoms with E-state index >= 15 is 4.39 Å². The molecule has 0 spiro atoms. The summed E-state index contributed by atoms with van der Waals surface area (Å²) < 4.78 is 19.2. The van der Waals surface area contributed by atoms with E-state index in [-0.39, 0.29) is 44.7 Å². The van der Waals surface area contributed by atoms with Crippen LogP contribution in [0.15, 0.2) is 46.9 Å². The molecule has 19 heteroatoms. The number of hydrogen-bond acceptors (Lipinski definition) is 12. The van der Waals surface area contributed by atoms with Crippen LogP contribution in [0.2, 0.25) is 4.34 Å². The van der Waals surface area contributed by atoms with Crippen LogP contribution in [-0.2, 0) is 38.9 Å². The number of carbonyl (C=O) groups is 3. The van der Waals surface area contributed by atoms with Gasteiger partial charge in [0.15, 0.2) is 29.4 Å². The molecule has 3 aromatic rings. The predicted molar refractivity (Wildman–Crippen MR) is 182 cm³/mol. The van der Waals surface area contributed by atoms with Gasteiger partial charge in [0, 0.05) is 48.6 Å². The number of carboxylic acids is 1. The molecule has 4 N–H and O–H groups in total. The summed E-state index contributed by atoms with van der Waals surface area (Å²) in [6.07, 6.45) is 3.89. The molecule has 7 rings (SSSR count). The number of nitrogens with two attached hydrogens (primary N) is 1. The number of anilines is 2. The molecule has 0 bridgehead atoms. The first-order valence-electron chi connectivity index (χ1n) is 15.7. The van der Waals surface area contributed by atoms with Gasteiger partial charge in [0.05, 0.1) is 24.3 Å². The fourth-order valence-electron chi connectivity index (χ4n) is 6.69. The Morgan fingerprint density at radius 2 is 2.04 bits per heavy atom. The van der Waals surface area contributed by atoms with Gasteiger partial charge in [-0.25, -0.2) is 9.37 Å². The number of amidine groups is 1. The van der Waals surface area contributed by atoms with E-state index in [0.29, 0.717) is 42.2 Å². The Morgan fingerprint density at radius 1 is 1.26 bits per heavy atom. The predicted octanol–water partition coefficient (Wildman–Crippen LogP) is 0.503. The molecule has 0 saturated carbocycles. The molecule has 0 aliphatic carbocycles. The Bertz CT molecular complexity index is 1980. The summed E-state index contributed by atoms with van der Waals surface area (Å²) in [6.45, 7) is 3.33. The maximum Gasteiger partial charge on any atom is 0.276 e. The fourth-order valence-corrected chi connectivity index (χ4v) is 8.95. The number of aliphatic carboxylic acids is 1. The van der Waals surface area contributed by atoms with E-state index in [1.165, 1.54) is 24.9 Å². The number of fused-ring (bicyclic) bond motifs is 2. The molecule has 2 saturated heterocycles.